The smallest absolute Gasteiger partial charge is 0.0458 e. The quantitative estimate of drug-likeness (QED) is 0.687. The van der Waals surface area contributed by atoms with Gasteiger partial charge < -0.3 is 5.32 Å². The molecule has 0 radical (unpaired) electrons. The average Bonchev–Trinajstić information content (AvgIpc) is 2.09. The first-order valence-electron chi connectivity index (χ1n) is 5.43. The third-order valence-electron chi connectivity index (χ3n) is 2.91. The van der Waals surface area contributed by atoms with Crippen LogP contribution >= 0.6 is 0 Å². The molecule has 1 rings (SSSR count). The lowest BCUT2D eigenvalue weighted by atomic mass is 9.78. The first-order valence-corrected chi connectivity index (χ1v) is 5.43. The summed E-state index contributed by atoms with van der Waals surface area (Å²) in [6.45, 7) is 11.4. The molecule has 1 heterocycles. The maximum Gasteiger partial charge on any atom is 0.0458 e. The highest BCUT2D eigenvalue weighted by atomic mass is 15.1. The van der Waals surface area contributed by atoms with Crippen molar-refractivity contribution < 1.29 is 0 Å². The van der Waals surface area contributed by atoms with E-state index in [1.54, 1.807) is 0 Å². The van der Waals surface area contributed by atoms with Gasteiger partial charge in [0.2, 0.25) is 0 Å². The number of hydrogen-bond acceptors (Lipinski definition) is 2. The Morgan fingerprint density at radius 3 is 2.54 bits per heavy atom. The minimum absolute atomic E-state index is 0.335. The Balaban J connectivity index is 2.63. The maximum atomic E-state index is 3.60. The van der Waals surface area contributed by atoms with Crippen LogP contribution in [0.15, 0.2) is 0 Å². The second-order valence-corrected chi connectivity index (χ2v) is 5.43. The van der Waals surface area contributed by atoms with Crippen molar-refractivity contribution in [3.63, 3.8) is 0 Å². The molecule has 1 aliphatic rings. The summed E-state index contributed by atoms with van der Waals surface area (Å²) in [6, 6.07) is 0. The van der Waals surface area contributed by atoms with Crippen LogP contribution in [0.5, 0.6) is 0 Å². The van der Waals surface area contributed by atoms with E-state index in [-0.39, 0.29) is 0 Å². The molecule has 1 atom stereocenters. The van der Waals surface area contributed by atoms with Gasteiger partial charge in [-0.25, -0.2) is 0 Å². The summed E-state index contributed by atoms with van der Waals surface area (Å²) in [5, 5.41) is 7.04. The fourth-order valence-electron chi connectivity index (χ4n) is 2.59. The molecule has 0 saturated carbocycles. The monoisotopic (exact) mass is 184 g/mol. The topological polar surface area (TPSA) is 24.1 Å². The van der Waals surface area contributed by atoms with Gasteiger partial charge in [-0.3, -0.25) is 5.32 Å². The second kappa shape index (κ2) is 3.97. The van der Waals surface area contributed by atoms with Crippen LogP contribution in [0, 0.1) is 5.41 Å². The van der Waals surface area contributed by atoms with E-state index in [0.717, 1.165) is 13.2 Å². The van der Waals surface area contributed by atoms with Crippen LogP contribution in [0.3, 0.4) is 0 Å². The van der Waals surface area contributed by atoms with E-state index in [1.165, 1.54) is 19.3 Å². The largest absolute Gasteiger partial charge is 0.304 e. The molecule has 78 valence electrons. The zero-order valence-electron chi connectivity index (χ0n) is 9.54. The molecule has 13 heavy (non-hydrogen) atoms. The van der Waals surface area contributed by atoms with Gasteiger partial charge in [0.1, 0.15) is 0 Å². The van der Waals surface area contributed by atoms with Gasteiger partial charge in [0.25, 0.3) is 0 Å². The standard InChI is InChI=1S/C11H24N2/c1-5-6-11(4)7-10(2,3)8-12-9-13-11/h12-13H,5-9H2,1-4H3. The molecule has 1 aliphatic heterocycles. The van der Waals surface area contributed by atoms with Gasteiger partial charge in [0.15, 0.2) is 0 Å². The predicted molar refractivity (Wildman–Crippen MR) is 57.7 cm³/mol. The average molecular weight is 184 g/mol. The SMILES string of the molecule is CCCC1(C)CC(C)(C)CNCN1. The zero-order valence-corrected chi connectivity index (χ0v) is 9.54. The van der Waals surface area contributed by atoms with Crippen LogP contribution < -0.4 is 10.6 Å². The highest BCUT2D eigenvalue weighted by molar-refractivity contribution is 4.91. The van der Waals surface area contributed by atoms with Crippen molar-refractivity contribution >= 4 is 0 Å². The minimum Gasteiger partial charge on any atom is -0.304 e. The van der Waals surface area contributed by atoms with Crippen molar-refractivity contribution in [1.82, 2.24) is 10.6 Å². The summed E-state index contributed by atoms with van der Waals surface area (Å²) in [7, 11) is 0. The molecule has 1 unspecified atom stereocenters. The van der Waals surface area contributed by atoms with E-state index in [1.807, 2.05) is 0 Å². The highest BCUT2D eigenvalue weighted by Crippen LogP contribution is 2.31. The molecular weight excluding hydrogens is 160 g/mol. The number of nitrogens with one attached hydrogen (secondary N) is 2. The summed E-state index contributed by atoms with van der Waals surface area (Å²) in [5.41, 5.74) is 0.759. The lowest BCUT2D eigenvalue weighted by molar-refractivity contribution is 0.228. The van der Waals surface area contributed by atoms with E-state index in [9.17, 15) is 0 Å². The van der Waals surface area contributed by atoms with Crippen LogP contribution in [-0.2, 0) is 0 Å². The van der Waals surface area contributed by atoms with Crippen molar-refractivity contribution in [2.75, 3.05) is 13.2 Å². The summed E-state index contributed by atoms with van der Waals surface area (Å²) in [6.07, 6.45) is 3.80. The Labute approximate surface area is 82.5 Å². The van der Waals surface area contributed by atoms with Gasteiger partial charge >= 0.3 is 0 Å². The van der Waals surface area contributed by atoms with Crippen LogP contribution in [0.25, 0.3) is 0 Å². The van der Waals surface area contributed by atoms with Gasteiger partial charge in [-0.05, 0) is 25.2 Å². The molecule has 1 fully saturated rings. The second-order valence-electron chi connectivity index (χ2n) is 5.43. The number of hydrogen-bond donors (Lipinski definition) is 2. The van der Waals surface area contributed by atoms with Crippen molar-refractivity contribution in [3.05, 3.63) is 0 Å². The van der Waals surface area contributed by atoms with Gasteiger partial charge in [-0.15, -0.1) is 0 Å². The van der Waals surface area contributed by atoms with Gasteiger partial charge in [0.05, 0.1) is 0 Å². The Morgan fingerprint density at radius 1 is 1.23 bits per heavy atom. The van der Waals surface area contributed by atoms with E-state index in [0.29, 0.717) is 11.0 Å². The molecule has 1 saturated heterocycles. The Hall–Kier alpha value is -0.0800. The van der Waals surface area contributed by atoms with Crippen LogP contribution in [0.1, 0.15) is 47.0 Å². The molecule has 2 N–H and O–H groups in total. The number of rotatable bonds is 2. The third-order valence-corrected chi connectivity index (χ3v) is 2.91. The molecule has 0 aliphatic carbocycles. The Kier molecular flexibility index (Phi) is 3.36. The molecule has 0 aromatic rings. The summed E-state index contributed by atoms with van der Waals surface area (Å²) in [5.74, 6) is 0. The molecule has 0 spiro atoms. The molecule has 0 aromatic heterocycles. The van der Waals surface area contributed by atoms with E-state index >= 15 is 0 Å². The third kappa shape index (κ3) is 3.28. The van der Waals surface area contributed by atoms with Crippen LogP contribution in [0.4, 0.5) is 0 Å². The van der Waals surface area contributed by atoms with Crippen molar-refractivity contribution in [2.45, 2.75) is 52.5 Å². The minimum atomic E-state index is 0.335. The zero-order chi connectivity index (χ0) is 9.95. The fraction of sp³-hybridized carbons (Fsp3) is 1.00. The first-order chi connectivity index (χ1) is 5.97. The predicted octanol–water partition coefficient (Wildman–Crippen LogP) is 2.11. The van der Waals surface area contributed by atoms with Gasteiger partial charge in [-0.2, -0.15) is 0 Å². The molecule has 0 amide bonds. The normalized spacial score (nSPS) is 34.2. The van der Waals surface area contributed by atoms with Gasteiger partial charge in [0, 0.05) is 18.8 Å². The van der Waals surface area contributed by atoms with Crippen molar-refractivity contribution in [2.24, 2.45) is 5.41 Å². The molecule has 0 bridgehead atoms. The summed E-state index contributed by atoms with van der Waals surface area (Å²) >= 11 is 0. The molecule has 2 heteroatoms. The van der Waals surface area contributed by atoms with Crippen molar-refractivity contribution in [1.29, 1.82) is 0 Å². The van der Waals surface area contributed by atoms with E-state index < -0.39 is 0 Å². The summed E-state index contributed by atoms with van der Waals surface area (Å²) in [4.78, 5) is 0. The molecule has 0 aromatic carbocycles. The van der Waals surface area contributed by atoms with Crippen molar-refractivity contribution in [3.8, 4) is 0 Å². The van der Waals surface area contributed by atoms with Crippen LogP contribution in [-0.4, -0.2) is 18.8 Å². The highest BCUT2D eigenvalue weighted by Gasteiger charge is 2.33. The Morgan fingerprint density at radius 2 is 1.92 bits per heavy atom. The Bertz CT molecular complexity index is 165. The molecular formula is C11H24N2. The summed E-state index contributed by atoms with van der Waals surface area (Å²) < 4.78 is 0. The van der Waals surface area contributed by atoms with Gasteiger partial charge in [-0.1, -0.05) is 27.2 Å². The molecule has 2 nitrogen and oxygen atoms in total. The lowest BCUT2D eigenvalue weighted by Gasteiger charge is -2.34. The first kappa shape index (κ1) is 11.0. The van der Waals surface area contributed by atoms with Crippen LogP contribution in [0.2, 0.25) is 0 Å². The fourth-order valence-corrected chi connectivity index (χ4v) is 2.59. The maximum absolute atomic E-state index is 3.60. The lowest BCUT2D eigenvalue weighted by Crippen LogP contribution is -2.44. The van der Waals surface area contributed by atoms with E-state index in [2.05, 4.69) is 38.3 Å². The van der Waals surface area contributed by atoms with E-state index in [4.69, 9.17) is 0 Å².